The highest BCUT2D eigenvalue weighted by Crippen LogP contribution is 2.30. The van der Waals surface area contributed by atoms with E-state index in [4.69, 9.17) is 4.42 Å². The number of rotatable bonds is 5. The van der Waals surface area contributed by atoms with Crippen LogP contribution in [0.25, 0.3) is 0 Å². The zero-order valence-corrected chi connectivity index (χ0v) is 10.3. The van der Waals surface area contributed by atoms with Gasteiger partial charge in [-0.3, -0.25) is 4.79 Å². The van der Waals surface area contributed by atoms with E-state index >= 15 is 0 Å². The van der Waals surface area contributed by atoms with E-state index in [1.54, 1.807) is 6.26 Å². The van der Waals surface area contributed by atoms with Crippen LogP contribution in [0.1, 0.15) is 43.6 Å². The number of hydrogen-bond acceptors (Lipinski definition) is 3. The van der Waals surface area contributed by atoms with Crippen LogP contribution in [-0.2, 0) is 11.2 Å². The minimum Gasteiger partial charge on any atom is -0.469 e. The van der Waals surface area contributed by atoms with E-state index in [0.29, 0.717) is 6.54 Å². The maximum Gasteiger partial charge on any atom is 0.233 e. The van der Waals surface area contributed by atoms with E-state index in [2.05, 4.69) is 10.6 Å². The second kappa shape index (κ2) is 5.87. The topological polar surface area (TPSA) is 54.3 Å². The molecule has 0 fully saturated rings. The van der Waals surface area contributed by atoms with Crippen LogP contribution in [0, 0.1) is 0 Å². The Morgan fingerprint density at radius 2 is 2.47 bits per heavy atom. The van der Waals surface area contributed by atoms with E-state index in [0.717, 1.165) is 38.0 Å². The average Bonchev–Trinajstić information content (AvgIpc) is 2.82. The number of aryl methyl sites for hydroxylation is 1. The van der Waals surface area contributed by atoms with E-state index in [1.165, 1.54) is 5.56 Å². The van der Waals surface area contributed by atoms with Gasteiger partial charge in [-0.1, -0.05) is 6.92 Å². The highest BCUT2D eigenvalue weighted by atomic mass is 16.3. The van der Waals surface area contributed by atoms with Gasteiger partial charge in [-0.05, 0) is 25.3 Å². The first-order chi connectivity index (χ1) is 8.31. The Balaban J connectivity index is 1.83. The van der Waals surface area contributed by atoms with Gasteiger partial charge in [0.2, 0.25) is 5.91 Å². The number of hydrogen-bond donors (Lipinski definition) is 2. The summed E-state index contributed by atoms with van der Waals surface area (Å²) in [4.78, 5) is 11.5. The van der Waals surface area contributed by atoms with Crippen molar-refractivity contribution < 1.29 is 9.21 Å². The fourth-order valence-electron chi connectivity index (χ4n) is 2.24. The Morgan fingerprint density at radius 3 is 3.29 bits per heavy atom. The van der Waals surface area contributed by atoms with Crippen molar-refractivity contribution in [1.29, 1.82) is 0 Å². The second-order valence-electron chi connectivity index (χ2n) is 4.47. The summed E-state index contributed by atoms with van der Waals surface area (Å²) in [5.41, 5.74) is 1.22. The van der Waals surface area contributed by atoms with Crippen molar-refractivity contribution in [3.63, 3.8) is 0 Å². The molecule has 1 aromatic heterocycles. The summed E-state index contributed by atoms with van der Waals surface area (Å²) in [5.74, 6) is 1.14. The summed E-state index contributed by atoms with van der Waals surface area (Å²) in [6.07, 6.45) is 5.92. The smallest absolute Gasteiger partial charge is 0.233 e. The number of nitrogens with one attached hydrogen (secondary N) is 2. The van der Waals surface area contributed by atoms with Gasteiger partial charge in [-0.2, -0.15) is 0 Å². The van der Waals surface area contributed by atoms with Crippen LogP contribution in [0.5, 0.6) is 0 Å². The number of furan rings is 1. The molecule has 2 N–H and O–H groups in total. The van der Waals surface area contributed by atoms with Crippen molar-refractivity contribution >= 4 is 5.91 Å². The first-order valence-corrected chi connectivity index (χ1v) is 6.37. The first kappa shape index (κ1) is 12.2. The lowest BCUT2D eigenvalue weighted by molar-refractivity contribution is -0.120. The molecule has 2 rings (SSSR count). The number of amides is 1. The fraction of sp³-hybridized carbons (Fsp3) is 0.615. The van der Waals surface area contributed by atoms with Gasteiger partial charge in [-0.15, -0.1) is 0 Å². The predicted octanol–water partition coefficient (Wildman–Crippen LogP) is 1.77. The first-order valence-electron chi connectivity index (χ1n) is 6.37. The summed E-state index contributed by atoms with van der Waals surface area (Å²) in [6, 6.07) is 2.28. The van der Waals surface area contributed by atoms with Crippen LogP contribution in [0.4, 0.5) is 0 Å². The number of carbonyl (C=O) groups is 1. The molecule has 0 aromatic carbocycles. The molecule has 0 saturated heterocycles. The molecule has 4 heteroatoms. The molecule has 0 saturated carbocycles. The van der Waals surface area contributed by atoms with Crippen molar-refractivity contribution in [3.8, 4) is 0 Å². The van der Waals surface area contributed by atoms with Gasteiger partial charge in [-0.25, -0.2) is 0 Å². The number of carbonyl (C=O) groups excluding carboxylic acids is 1. The number of fused-ring (bicyclic) bond motifs is 1. The van der Waals surface area contributed by atoms with Gasteiger partial charge < -0.3 is 15.1 Å². The van der Waals surface area contributed by atoms with Crippen molar-refractivity contribution in [2.24, 2.45) is 0 Å². The van der Waals surface area contributed by atoms with Crippen molar-refractivity contribution in [2.75, 3.05) is 13.1 Å². The zero-order valence-electron chi connectivity index (χ0n) is 10.3. The van der Waals surface area contributed by atoms with Crippen LogP contribution >= 0.6 is 0 Å². The third-order valence-electron chi connectivity index (χ3n) is 3.13. The highest BCUT2D eigenvalue weighted by molar-refractivity contribution is 5.78. The molecule has 0 radical (unpaired) electrons. The van der Waals surface area contributed by atoms with Crippen molar-refractivity contribution in [3.05, 3.63) is 23.7 Å². The van der Waals surface area contributed by atoms with E-state index < -0.39 is 0 Å². The molecule has 1 unspecified atom stereocenters. The highest BCUT2D eigenvalue weighted by Gasteiger charge is 2.22. The van der Waals surface area contributed by atoms with Crippen molar-refractivity contribution in [2.45, 2.75) is 38.6 Å². The quantitative estimate of drug-likeness (QED) is 0.819. The van der Waals surface area contributed by atoms with Crippen LogP contribution in [0.2, 0.25) is 0 Å². The Morgan fingerprint density at radius 1 is 1.59 bits per heavy atom. The van der Waals surface area contributed by atoms with Crippen LogP contribution in [-0.4, -0.2) is 19.0 Å². The van der Waals surface area contributed by atoms with E-state index in [-0.39, 0.29) is 11.9 Å². The minimum atomic E-state index is 0.0717. The normalized spacial score (nSPS) is 18.8. The molecule has 1 aliphatic rings. The lowest BCUT2D eigenvalue weighted by Gasteiger charge is -2.22. The molecule has 1 heterocycles. The summed E-state index contributed by atoms with van der Waals surface area (Å²) in [5, 5.41) is 6.17. The predicted molar refractivity (Wildman–Crippen MR) is 65.7 cm³/mol. The van der Waals surface area contributed by atoms with Gasteiger partial charge >= 0.3 is 0 Å². The SMILES string of the molecule is CCCNC(=O)CNC1CCCc2occc21. The van der Waals surface area contributed by atoms with E-state index in [9.17, 15) is 4.79 Å². The summed E-state index contributed by atoms with van der Waals surface area (Å²) < 4.78 is 5.42. The van der Waals surface area contributed by atoms with E-state index in [1.807, 2.05) is 13.0 Å². The summed E-state index contributed by atoms with van der Waals surface area (Å²) in [6.45, 7) is 3.18. The van der Waals surface area contributed by atoms with Crippen LogP contribution in [0.15, 0.2) is 16.7 Å². The Kier molecular flexibility index (Phi) is 4.20. The Labute approximate surface area is 102 Å². The molecule has 0 bridgehead atoms. The average molecular weight is 236 g/mol. The lowest BCUT2D eigenvalue weighted by Crippen LogP contribution is -2.36. The maximum atomic E-state index is 11.5. The Bertz CT molecular complexity index is 373. The molecule has 1 aromatic rings. The van der Waals surface area contributed by atoms with Crippen LogP contribution < -0.4 is 10.6 Å². The third kappa shape index (κ3) is 3.09. The van der Waals surface area contributed by atoms with Gasteiger partial charge in [0.15, 0.2) is 0 Å². The fourth-order valence-corrected chi connectivity index (χ4v) is 2.24. The van der Waals surface area contributed by atoms with Gasteiger partial charge in [0.05, 0.1) is 12.8 Å². The second-order valence-corrected chi connectivity index (χ2v) is 4.47. The third-order valence-corrected chi connectivity index (χ3v) is 3.13. The van der Waals surface area contributed by atoms with Crippen molar-refractivity contribution in [1.82, 2.24) is 10.6 Å². The van der Waals surface area contributed by atoms with Gasteiger partial charge in [0.1, 0.15) is 5.76 Å². The zero-order chi connectivity index (χ0) is 12.1. The molecule has 0 spiro atoms. The minimum absolute atomic E-state index is 0.0717. The molecule has 1 aliphatic carbocycles. The lowest BCUT2D eigenvalue weighted by atomic mass is 9.93. The monoisotopic (exact) mass is 236 g/mol. The van der Waals surface area contributed by atoms with Gasteiger partial charge in [0.25, 0.3) is 0 Å². The molecule has 0 aliphatic heterocycles. The van der Waals surface area contributed by atoms with Crippen LogP contribution in [0.3, 0.4) is 0 Å². The molecule has 4 nitrogen and oxygen atoms in total. The molecular formula is C13H20N2O2. The standard InChI is InChI=1S/C13H20N2O2/c1-2-7-14-13(16)9-15-11-4-3-5-12-10(11)6-8-17-12/h6,8,11,15H,2-5,7,9H2,1H3,(H,14,16). The summed E-state index contributed by atoms with van der Waals surface area (Å²) >= 11 is 0. The molecular weight excluding hydrogens is 216 g/mol. The molecule has 1 amide bonds. The Hall–Kier alpha value is -1.29. The largest absolute Gasteiger partial charge is 0.469 e. The molecule has 1 atom stereocenters. The summed E-state index contributed by atoms with van der Waals surface area (Å²) in [7, 11) is 0. The van der Waals surface area contributed by atoms with Gasteiger partial charge in [0, 0.05) is 24.6 Å². The molecule has 94 valence electrons. The maximum absolute atomic E-state index is 11.5. The molecule has 17 heavy (non-hydrogen) atoms.